The van der Waals surface area contributed by atoms with Crippen molar-refractivity contribution in [3.8, 4) is 0 Å². The number of aromatic nitrogens is 2. The van der Waals surface area contributed by atoms with Gasteiger partial charge in [-0.25, -0.2) is 4.98 Å². The van der Waals surface area contributed by atoms with Gasteiger partial charge in [0, 0.05) is 10.6 Å². The van der Waals surface area contributed by atoms with Crippen molar-refractivity contribution in [2.24, 2.45) is 0 Å². The highest BCUT2D eigenvalue weighted by Crippen LogP contribution is 2.34. The standard InChI is InChI=1S/C13H14N2O3S2/c16-9(17)5-6-19-13-14-11(18)10-7-3-1-2-4-8(7)20-12(10)15-13/h1-6H2,(H,16,17)(H,14,15,18). The smallest absolute Gasteiger partial charge is 0.304 e. The molecule has 2 aromatic rings. The van der Waals surface area contributed by atoms with E-state index in [2.05, 4.69) is 9.97 Å². The van der Waals surface area contributed by atoms with Gasteiger partial charge in [-0.3, -0.25) is 9.59 Å². The molecule has 0 atom stereocenters. The highest BCUT2D eigenvalue weighted by molar-refractivity contribution is 7.99. The first-order chi connectivity index (χ1) is 9.65. The van der Waals surface area contributed by atoms with Gasteiger partial charge in [0.2, 0.25) is 0 Å². The van der Waals surface area contributed by atoms with Crippen LogP contribution < -0.4 is 5.56 Å². The molecular weight excluding hydrogens is 296 g/mol. The van der Waals surface area contributed by atoms with Crippen LogP contribution in [0.25, 0.3) is 10.2 Å². The molecule has 0 aromatic carbocycles. The first kappa shape index (κ1) is 13.6. The first-order valence-corrected chi connectivity index (χ1v) is 8.34. The van der Waals surface area contributed by atoms with Crippen molar-refractivity contribution in [2.45, 2.75) is 37.3 Å². The summed E-state index contributed by atoms with van der Waals surface area (Å²) in [5, 5.41) is 9.88. The largest absolute Gasteiger partial charge is 0.481 e. The lowest BCUT2D eigenvalue weighted by Crippen LogP contribution is -2.11. The lowest BCUT2D eigenvalue weighted by atomic mass is 9.97. The average Bonchev–Trinajstić information content (AvgIpc) is 2.76. The van der Waals surface area contributed by atoms with E-state index < -0.39 is 5.97 Å². The number of carboxylic acids is 1. The number of carboxylic acid groups (broad SMARTS) is 1. The van der Waals surface area contributed by atoms with Crippen LogP contribution in [0.3, 0.4) is 0 Å². The van der Waals surface area contributed by atoms with Gasteiger partial charge in [0.15, 0.2) is 5.16 Å². The molecule has 0 amide bonds. The van der Waals surface area contributed by atoms with Crippen LogP contribution in [-0.4, -0.2) is 26.8 Å². The Hall–Kier alpha value is -1.34. The molecule has 0 unspecified atom stereocenters. The number of carbonyl (C=O) groups is 1. The fourth-order valence-corrected chi connectivity index (χ4v) is 4.56. The van der Waals surface area contributed by atoms with Gasteiger partial charge in [0.05, 0.1) is 11.8 Å². The van der Waals surface area contributed by atoms with Gasteiger partial charge >= 0.3 is 5.97 Å². The predicted molar refractivity (Wildman–Crippen MR) is 79.9 cm³/mol. The van der Waals surface area contributed by atoms with E-state index in [9.17, 15) is 9.59 Å². The number of aryl methyl sites for hydroxylation is 2. The summed E-state index contributed by atoms with van der Waals surface area (Å²) < 4.78 is 0. The minimum absolute atomic E-state index is 0.0629. The quantitative estimate of drug-likeness (QED) is 0.669. The Kier molecular flexibility index (Phi) is 3.80. The maximum atomic E-state index is 12.2. The summed E-state index contributed by atoms with van der Waals surface area (Å²) in [6.45, 7) is 0. The molecule has 2 N–H and O–H groups in total. The summed E-state index contributed by atoms with van der Waals surface area (Å²) in [7, 11) is 0. The summed E-state index contributed by atoms with van der Waals surface area (Å²) in [6.07, 6.45) is 4.38. The Labute approximate surface area is 123 Å². The molecule has 7 heteroatoms. The van der Waals surface area contributed by atoms with Crippen molar-refractivity contribution >= 4 is 39.3 Å². The zero-order chi connectivity index (χ0) is 14.1. The van der Waals surface area contributed by atoms with E-state index in [1.807, 2.05) is 0 Å². The normalized spacial score (nSPS) is 14.4. The molecule has 0 saturated carbocycles. The van der Waals surface area contributed by atoms with Crippen molar-refractivity contribution in [1.29, 1.82) is 0 Å². The van der Waals surface area contributed by atoms with Gasteiger partial charge in [-0.1, -0.05) is 11.8 Å². The van der Waals surface area contributed by atoms with Crippen LogP contribution in [0.2, 0.25) is 0 Å². The van der Waals surface area contributed by atoms with Crippen molar-refractivity contribution in [2.75, 3.05) is 5.75 Å². The Morgan fingerprint density at radius 3 is 3.00 bits per heavy atom. The fourth-order valence-electron chi connectivity index (χ4n) is 2.45. The third-order valence-corrected chi connectivity index (χ3v) is 5.42. The third kappa shape index (κ3) is 2.60. The summed E-state index contributed by atoms with van der Waals surface area (Å²) in [5.74, 6) is -0.429. The number of H-pyrrole nitrogens is 1. The lowest BCUT2D eigenvalue weighted by molar-refractivity contribution is -0.136. The number of rotatable bonds is 4. The predicted octanol–water partition coefficient (Wildman–Crippen LogP) is 2.43. The minimum Gasteiger partial charge on any atom is -0.481 e. The van der Waals surface area contributed by atoms with E-state index in [4.69, 9.17) is 5.11 Å². The second-order valence-electron chi connectivity index (χ2n) is 4.75. The molecule has 5 nitrogen and oxygen atoms in total. The van der Waals surface area contributed by atoms with Crippen molar-refractivity contribution in [3.63, 3.8) is 0 Å². The Morgan fingerprint density at radius 1 is 1.40 bits per heavy atom. The topological polar surface area (TPSA) is 83.0 Å². The molecule has 0 saturated heterocycles. The number of aromatic amines is 1. The van der Waals surface area contributed by atoms with Crippen LogP contribution >= 0.6 is 23.1 Å². The number of thiophene rings is 1. The molecule has 2 aromatic heterocycles. The Bertz CT molecular complexity index is 720. The highest BCUT2D eigenvalue weighted by Gasteiger charge is 2.19. The second-order valence-corrected chi connectivity index (χ2v) is 6.92. The summed E-state index contributed by atoms with van der Waals surface area (Å²) >= 11 is 2.89. The van der Waals surface area contributed by atoms with Crippen LogP contribution in [0.1, 0.15) is 29.7 Å². The third-order valence-electron chi connectivity index (χ3n) is 3.36. The number of fused-ring (bicyclic) bond motifs is 3. The molecule has 0 spiro atoms. The van der Waals surface area contributed by atoms with E-state index in [0.717, 1.165) is 29.5 Å². The molecule has 0 radical (unpaired) electrons. The van der Waals surface area contributed by atoms with Crippen molar-refractivity contribution in [1.82, 2.24) is 9.97 Å². The van der Waals surface area contributed by atoms with Gasteiger partial charge < -0.3 is 10.1 Å². The van der Waals surface area contributed by atoms with Crippen molar-refractivity contribution in [3.05, 3.63) is 20.8 Å². The molecule has 3 rings (SSSR count). The molecule has 1 aliphatic rings. The number of aliphatic carboxylic acids is 1. The summed E-state index contributed by atoms with van der Waals surface area (Å²) in [6, 6.07) is 0. The van der Waals surface area contributed by atoms with Gasteiger partial charge in [-0.2, -0.15) is 0 Å². The summed E-state index contributed by atoms with van der Waals surface area (Å²) in [5.41, 5.74) is 1.08. The maximum Gasteiger partial charge on any atom is 0.304 e. The number of thioether (sulfide) groups is 1. The average molecular weight is 310 g/mol. The van der Waals surface area contributed by atoms with Crippen LogP contribution in [0.4, 0.5) is 0 Å². The van der Waals surface area contributed by atoms with E-state index in [1.165, 1.54) is 28.6 Å². The SMILES string of the molecule is O=C(O)CCSc1nc2sc3c(c2c(=O)[nH]1)CCCC3. The van der Waals surface area contributed by atoms with Gasteiger partial charge in [0.1, 0.15) is 4.83 Å². The number of nitrogens with zero attached hydrogens (tertiary/aromatic N) is 1. The van der Waals surface area contributed by atoms with Gasteiger partial charge in [-0.05, 0) is 31.2 Å². The lowest BCUT2D eigenvalue weighted by Gasteiger charge is -2.09. The minimum atomic E-state index is -0.840. The van der Waals surface area contributed by atoms with Crippen LogP contribution in [0, 0.1) is 0 Å². The van der Waals surface area contributed by atoms with Gasteiger partial charge in [-0.15, -0.1) is 11.3 Å². The molecular formula is C13H14N2O3S2. The maximum absolute atomic E-state index is 12.2. The Balaban J connectivity index is 1.94. The van der Waals surface area contributed by atoms with E-state index in [0.29, 0.717) is 10.9 Å². The van der Waals surface area contributed by atoms with E-state index in [-0.39, 0.29) is 12.0 Å². The zero-order valence-electron chi connectivity index (χ0n) is 10.8. The van der Waals surface area contributed by atoms with Gasteiger partial charge in [0.25, 0.3) is 5.56 Å². The molecule has 20 heavy (non-hydrogen) atoms. The van der Waals surface area contributed by atoms with E-state index >= 15 is 0 Å². The van der Waals surface area contributed by atoms with Crippen LogP contribution in [0.15, 0.2) is 9.95 Å². The fraction of sp³-hybridized carbons (Fsp3) is 0.462. The molecule has 1 aliphatic carbocycles. The first-order valence-electron chi connectivity index (χ1n) is 6.54. The van der Waals surface area contributed by atoms with E-state index in [1.54, 1.807) is 11.3 Å². The second kappa shape index (κ2) is 5.57. The highest BCUT2D eigenvalue weighted by atomic mass is 32.2. The molecule has 0 fully saturated rings. The number of hydrogen-bond acceptors (Lipinski definition) is 5. The monoisotopic (exact) mass is 310 g/mol. The van der Waals surface area contributed by atoms with Crippen LogP contribution in [0.5, 0.6) is 0 Å². The molecule has 0 aliphatic heterocycles. The van der Waals surface area contributed by atoms with Crippen molar-refractivity contribution < 1.29 is 9.90 Å². The zero-order valence-corrected chi connectivity index (χ0v) is 12.4. The summed E-state index contributed by atoms with van der Waals surface area (Å²) in [4.78, 5) is 32.0. The number of nitrogens with one attached hydrogen (secondary N) is 1. The Morgan fingerprint density at radius 2 is 2.20 bits per heavy atom. The molecule has 0 bridgehead atoms. The molecule has 106 valence electrons. The molecule has 2 heterocycles. The number of hydrogen-bond donors (Lipinski definition) is 2. The van der Waals surface area contributed by atoms with Crippen LogP contribution in [-0.2, 0) is 17.6 Å².